The molecular weight excluding hydrogens is 641 g/mol. The van der Waals surface area contributed by atoms with Crippen LogP contribution in [-0.4, -0.2) is 9.97 Å². The summed E-state index contributed by atoms with van der Waals surface area (Å²) in [5.74, 6) is 0.709. The number of hydrogen-bond donors (Lipinski definition) is 0. The fraction of sp³-hybridized carbons (Fsp3) is 0.0196. The molecule has 0 unspecified atom stereocenters. The lowest BCUT2D eigenvalue weighted by Gasteiger charge is -2.34. The maximum atomic E-state index is 5.47. The maximum Gasteiger partial charge on any atom is 0.161 e. The van der Waals surface area contributed by atoms with Crippen LogP contribution in [0, 0.1) is 0 Å². The first-order chi connectivity index (χ1) is 26.3. The van der Waals surface area contributed by atoms with E-state index in [9.17, 15) is 0 Å². The third-order valence-corrected chi connectivity index (χ3v) is 10.7. The van der Waals surface area contributed by atoms with E-state index in [4.69, 9.17) is 9.97 Å². The predicted octanol–water partition coefficient (Wildman–Crippen LogP) is 12.7. The van der Waals surface area contributed by atoms with Gasteiger partial charge in [0.15, 0.2) is 5.82 Å². The van der Waals surface area contributed by atoms with Gasteiger partial charge in [-0.05, 0) is 73.5 Å². The van der Waals surface area contributed by atoms with Crippen molar-refractivity contribution in [1.29, 1.82) is 0 Å². The van der Waals surface area contributed by atoms with Gasteiger partial charge in [0.25, 0.3) is 0 Å². The molecular formula is C51H34N2. The normalized spacial score (nSPS) is 12.7. The fourth-order valence-electron chi connectivity index (χ4n) is 8.46. The predicted molar refractivity (Wildman–Crippen MR) is 219 cm³/mol. The first-order valence-corrected chi connectivity index (χ1v) is 18.2. The van der Waals surface area contributed by atoms with Crippen molar-refractivity contribution < 1.29 is 0 Å². The van der Waals surface area contributed by atoms with E-state index in [2.05, 4.69) is 206 Å². The highest BCUT2D eigenvalue weighted by Gasteiger charge is 2.48. The molecule has 0 saturated carbocycles. The van der Waals surface area contributed by atoms with Crippen molar-refractivity contribution in [2.75, 3.05) is 0 Å². The van der Waals surface area contributed by atoms with Gasteiger partial charge < -0.3 is 0 Å². The zero-order chi connectivity index (χ0) is 35.2. The number of fused-ring (bicyclic) bond motifs is 5. The maximum absolute atomic E-state index is 5.47. The van der Waals surface area contributed by atoms with E-state index in [1.165, 1.54) is 44.3 Å². The summed E-state index contributed by atoms with van der Waals surface area (Å²) < 4.78 is 0. The minimum Gasteiger partial charge on any atom is -0.228 e. The topological polar surface area (TPSA) is 25.8 Å². The summed E-state index contributed by atoms with van der Waals surface area (Å²) in [5.41, 5.74) is 14.1. The van der Waals surface area contributed by atoms with Gasteiger partial charge in [-0.15, -0.1) is 0 Å². The third kappa shape index (κ3) is 5.03. The van der Waals surface area contributed by atoms with Crippen molar-refractivity contribution in [1.82, 2.24) is 9.97 Å². The Labute approximate surface area is 309 Å². The average Bonchev–Trinajstić information content (AvgIpc) is 3.57. The highest BCUT2D eigenvalue weighted by molar-refractivity contribution is 6.06. The second kappa shape index (κ2) is 12.7. The lowest BCUT2D eigenvalue weighted by atomic mass is 9.66. The Hall–Kier alpha value is -6.90. The van der Waals surface area contributed by atoms with E-state index in [0.717, 1.165) is 39.0 Å². The largest absolute Gasteiger partial charge is 0.228 e. The molecule has 0 N–H and O–H groups in total. The van der Waals surface area contributed by atoms with Crippen molar-refractivity contribution >= 4 is 10.8 Å². The van der Waals surface area contributed by atoms with Gasteiger partial charge >= 0.3 is 0 Å². The Balaban J connectivity index is 1.31. The Morgan fingerprint density at radius 2 is 0.887 bits per heavy atom. The summed E-state index contributed by atoms with van der Waals surface area (Å²) >= 11 is 0. The zero-order valence-electron chi connectivity index (χ0n) is 29.0. The highest BCUT2D eigenvalue weighted by Crippen LogP contribution is 2.60. The molecule has 0 aliphatic heterocycles. The molecule has 0 fully saturated rings. The van der Waals surface area contributed by atoms with Gasteiger partial charge in [-0.2, -0.15) is 0 Å². The van der Waals surface area contributed by atoms with Crippen molar-refractivity contribution in [2.24, 2.45) is 0 Å². The van der Waals surface area contributed by atoms with Crippen molar-refractivity contribution in [3.63, 3.8) is 0 Å². The van der Waals surface area contributed by atoms with E-state index >= 15 is 0 Å². The van der Waals surface area contributed by atoms with Gasteiger partial charge in [-0.25, -0.2) is 9.97 Å². The van der Waals surface area contributed by atoms with Gasteiger partial charge in [0.1, 0.15) is 0 Å². The van der Waals surface area contributed by atoms with Crippen molar-refractivity contribution in [2.45, 2.75) is 5.41 Å². The molecule has 0 atom stereocenters. The fourth-order valence-corrected chi connectivity index (χ4v) is 8.46. The van der Waals surface area contributed by atoms with Crippen LogP contribution in [0.4, 0.5) is 0 Å². The summed E-state index contributed by atoms with van der Waals surface area (Å²) in [7, 11) is 0. The van der Waals surface area contributed by atoms with Crippen LogP contribution in [0.2, 0.25) is 0 Å². The van der Waals surface area contributed by atoms with E-state index in [0.29, 0.717) is 5.82 Å². The molecule has 2 heteroatoms. The smallest absolute Gasteiger partial charge is 0.161 e. The van der Waals surface area contributed by atoms with Gasteiger partial charge in [-0.3, -0.25) is 0 Å². The number of benzene rings is 8. The Kier molecular flexibility index (Phi) is 7.40. The van der Waals surface area contributed by atoms with E-state index in [-0.39, 0.29) is 0 Å². The molecule has 1 aliphatic rings. The molecule has 10 rings (SSSR count). The molecule has 248 valence electrons. The van der Waals surface area contributed by atoms with Gasteiger partial charge in [-0.1, -0.05) is 188 Å². The molecule has 1 aromatic heterocycles. The Morgan fingerprint density at radius 1 is 0.358 bits per heavy atom. The minimum absolute atomic E-state index is 0.562. The van der Waals surface area contributed by atoms with Gasteiger partial charge in [0.2, 0.25) is 0 Å². The summed E-state index contributed by atoms with van der Waals surface area (Å²) in [4.78, 5) is 10.9. The molecule has 0 spiro atoms. The minimum atomic E-state index is -0.562. The summed E-state index contributed by atoms with van der Waals surface area (Å²) in [5, 5.41) is 2.39. The molecule has 53 heavy (non-hydrogen) atoms. The molecule has 1 aliphatic carbocycles. The summed E-state index contributed by atoms with van der Waals surface area (Å²) in [6.45, 7) is 0. The van der Waals surface area contributed by atoms with E-state index < -0.39 is 5.41 Å². The Morgan fingerprint density at radius 3 is 1.58 bits per heavy atom. The molecule has 8 aromatic carbocycles. The van der Waals surface area contributed by atoms with Gasteiger partial charge in [0.05, 0.1) is 16.8 Å². The van der Waals surface area contributed by atoms with Crippen LogP contribution >= 0.6 is 0 Å². The molecule has 0 radical (unpaired) electrons. The number of aromatic nitrogens is 2. The molecule has 2 nitrogen and oxygen atoms in total. The van der Waals surface area contributed by atoms with Gasteiger partial charge in [0, 0.05) is 16.7 Å². The quantitative estimate of drug-likeness (QED) is 0.175. The zero-order valence-corrected chi connectivity index (χ0v) is 29.0. The third-order valence-electron chi connectivity index (χ3n) is 10.7. The van der Waals surface area contributed by atoms with E-state index in [1.807, 2.05) is 0 Å². The van der Waals surface area contributed by atoms with Crippen LogP contribution in [0.1, 0.15) is 22.3 Å². The van der Waals surface area contributed by atoms with Crippen molar-refractivity contribution in [3.8, 4) is 56.2 Å². The number of rotatable bonds is 6. The second-order valence-corrected chi connectivity index (χ2v) is 13.7. The molecule has 9 aromatic rings. The average molecular weight is 675 g/mol. The Bertz CT molecular complexity index is 2720. The van der Waals surface area contributed by atoms with Crippen molar-refractivity contribution in [3.05, 3.63) is 229 Å². The van der Waals surface area contributed by atoms with Crippen LogP contribution in [0.25, 0.3) is 66.9 Å². The van der Waals surface area contributed by atoms with Crippen LogP contribution in [0.15, 0.2) is 206 Å². The molecule has 0 saturated heterocycles. The van der Waals surface area contributed by atoms with E-state index in [1.54, 1.807) is 0 Å². The monoisotopic (exact) mass is 674 g/mol. The molecule has 0 amide bonds. The lowest BCUT2D eigenvalue weighted by molar-refractivity contribution is 0.775. The van der Waals surface area contributed by atoms with Crippen LogP contribution in [-0.2, 0) is 5.41 Å². The van der Waals surface area contributed by atoms with Crippen LogP contribution in [0.5, 0.6) is 0 Å². The molecule has 0 bridgehead atoms. The second-order valence-electron chi connectivity index (χ2n) is 13.7. The highest BCUT2D eigenvalue weighted by atomic mass is 14.9. The summed E-state index contributed by atoms with van der Waals surface area (Å²) in [6.07, 6.45) is 0. The lowest BCUT2D eigenvalue weighted by Crippen LogP contribution is -2.28. The van der Waals surface area contributed by atoms with Crippen LogP contribution < -0.4 is 0 Å². The first kappa shape index (κ1) is 30.9. The molecule has 1 heterocycles. The number of nitrogens with zero attached hydrogens (tertiary/aromatic N) is 2. The summed E-state index contributed by atoms with van der Waals surface area (Å²) in [6, 6.07) is 73.9. The SMILES string of the molecule is c1ccc(-c2cccc(-c3cc(-c4ccccc4)nc(-c4cc5ccccc5c5c4-c4ccccc4C5(c4ccccc4)c4ccccc4)n3)c2)cc1. The number of hydrogen-bond acceptors (Lipinski definition) is 2. The van der Waals surface area contributed by atoms with Crippen LogP contribution in [0.3, 0.4) is 0 Å². The first-order valence-electron chi connectivity index (χ1n) is 18.2. The standard InChI is InChI=1S/C51H34N2/c1-5-18-35(19-6-1)37-23-17-24-39(32-37)47-34-46(36-20-7-2-8-21-36)52-50(53-47)44-33-38-22-13-14-29-42(38)49-48(44)43-30-15-16-31-45(43)51(49,40-25-9-3-10-26-40)41-27-11-4-12-28-41/h1-34H.